The van der Waals surface area contributed by atoms with Gasteiger partial charge in [-0.3, -0.25) is 4.79 Å². The number of hydrogen-bond donors (Lipinski definition) is 1. The molecule has 6 heteroatoms. The Morgan fingerprint density at radius 1 is 1.27 bits per heavy atom. The molecule has 0 saturated carbocycles. The number of carbonyl (C=O) groups excluding carboxylic acids is 1. The molecule has 0 aliphatic heterocycles. The largest absolute Gasteiger partial charge is 0.455 e. The maximum Gasteiger partial charge on any atom is 0.287 e. The van der Waals surface area contributed by atoms with Crippen molar-refractivity contribution in [1.82, 2.24) is 14.9 Å². The van der Waals surface area contributed by atoms with Crippen LogP contribution in [0.2, 0.25) is 0 Å². The summed E-state index contributed by atoms with van der Waals surface area (Å²) in [4.78, 5) is 16.6. The fourth-order valence-corrected chi connectivity index (χ4v) is 3.56. The summed E-state index contributed by atoms with van der Waals surface area (Å²) < 4.78 is 7.64. The molecule has 5 nitrogen and oxygen atoms in total. The number of nitrogens with zero attached hydrogens (tertiary/aromatic N) is 2. The Kier molecular flexibility index (Phi) is 6.17. The number of aromatic nitrogens is 2. The quantitative estimate of drug-likeness (QED) is 0.604. The minimum absolute atomic E-state index is 0.173. The first-order valence-electron chi connectivity index (χ1n) is 8.69. The second kappa shape index (κ2) is 8.76. The van der Waals surface area contributed by atoms with Gasteiger partial charge in [0.25, 0.3) is 5.91 Å². The number of hydrogen-bond acceptors (Lipinski definition) is 4. The summed E-state index contributed by atoms with van der Waals surface area (Å²) in [6, 6.07) is 13.8. The number of furan rings is 1. The second-order valence-electron chi connectivity index (χ2n) is 6.10. The molecule has 0 aliphatic rings. The van der Waals surface area contributed by atoms with Crippen LogP contribution in [-0.4, -0.2) is 22.0 Å². The number of aryl methyl sites for hydroxylation is 1. The number of benzene rings is 1. The first-order valence-corrected chi connectivity index (χ1v) is 9.68. The molecule has 2 heterocycles. The van der Waals surface area contributed by atoms with E-state index >= 15 is 0 Å². The molecule has 1 atom stereocenters. The van der Waals surface area contributed by atoms with E-state index in [9.17, 15) is 4.79 Å². The van der Waals surface area contributed by atoms with Crippen molar-refractivity contribution in [3.05, 3.63) is 71.9 Å². The lowest BCUT2D eigenvalue weighted by atomic mass is 9.96. The molecule has 1 N–H and O–H groups in total. The van der Waals surface area contributed by atoms with Crippen molar-refractivity contribution >= 4 is 17.7 Å². The van der Waals surface area contributed by atoms with Gasteiger partial charge < -0.3 is 14.3 Å². The smallest absolute Gasteiger partial charge is 0.287 e. The van der Waals surface area contributed by atoms with Gasteiger partial charge in [0, 0.05) is 31.9 Å². The highest BCUT2D eigenvalue weighted by atomic mass is 32.2. The van der Waals surface area contributed by atoms with Crippen molar-refractivity contribution in [1.29, 1.82) is 0 Å². The zero-order valence-corrected chi connectivity index (χ0v) is 15.8. The van der Waals surface area contributed by atoms with E-state index in [1.54, 1.807) is 24.0 Å². The molecule has 136 valence electrons. The predicted octanol–water partition coefficient (Wildman–Crippen LogP) is 4.23. The van der Waals surface area contributed by atoms with Gasteiger partial charge in [-0.25, -0.2) is 4.98 Å². The summed E-state index contributed by atoms with van der Waals surface area (Å²) in [6.07, 6.45) is 4.63. The van der Waals surface area contributed by atoms with Gasteiger partial charge >= 0.3 is 0 Å². The van der Waals surface area contributed by atoms with Crippen LogP contribution >= 0.6 is 11.8 Å². The van der Waals surface area contributed by atoms with E-state index in [1.807, 2.05) is 42.1 Å². The summed E-state index contributed by atoms with van der Waals surface area (Å²) in [7, 11) is 1.95. The second-order valence-corrected chi connectivity index (χ2v) is 7.04. The third-order valence-electron chi connectivity index (χ3n) is 4.28. The molecule has 3 aromatic rings. The van der Waals surface area contributed by atoms with Gasteiger partial charge in [-0.05, 0) is 24.1 Å². The van der Waals surface area contributed by atoms with Gasteiger partial charge in [0.2, 0.25) is 0 Å². The molecule has 0 fully saturated rings. The Morgan fingerprint density at radius 3 is 2.77 bits per heavy atom. The minimum atomic E-state index is -0.173. The zero-order chi connectivity index (χ0) is 18.4. The number of imidazole rings is 1. The van der Waals surface area contributed by atoms with E-state index in [-0.39, 0.29) is 5.91 Å². The molecule has 1 aromatic carbocycles. The maximum absolute atomic E-state index is 12.4. The molecule has 1 amide bonds. The van der Waals surface area contributed by atoms with Gasteiger partial charge in [0.05, 0.1) is 5.75 Å². The van der Waals surface area contributed by atoms with Crippen LogP contribution in [0.15, 0.2) is 64.4 Å². The standard InChI is InChI=1S/C20H23N3O2S/c1-3-15(16-7-5-4-6-8-16)13-22-19(24)18-10-9-17(25-18)14-26-20-21-11-12-23(20)2/h4-12,15H,3,13-14H2,1-2H3,(H,22,24). The van der Waals surface area contributed by atoms with Crippen LogP contribution in [0.1, 0.15) is 41.1 Å². The fraction of sp³-hybridized carbons (Fsp3) is 0.300. The third-order valence-corrected chi connectivity index (χ3v) is 5.36. The lowest BCUT2D eigenvalue weighted by Crippen LogP contribution is -2.27. The fourth-order valence-electron chi connectivity index (χ4n) is 2.73. The van der Waals surface area contributed by atoms with Crippen LogP contribution < -0.4 is 5.32 Å². The van der Waals surface area contributed by atoms with E-state index in [1.165, 1.54) is 5.56 Å². The lowest BCUT2D eigenvalue weighted by Gasteiger charge is -2.15. The molecule has 1 unspecified atom stereocenters. The molecule has 2 aromatic heterocycles. The van der Waals surface area contributed by atoms with Crippen molar-refractivity contribution < 1.29 is 9.21 Å². The molecule has 3 rings (SSSR count). The molecule has 0 spiro atoms. The molecular formula is C20H23N3O2S. The van der Waals surface area contributed by atoms with Crippen LogP contribution in [0.25, 0.3) is 0 Å². The molecule has 26 heavy (non-hydrogen) atoms. The summed E-state index contributed by atoms with van der Waals surface area (Å²) in [5, 5.41) is 3.90. The first-order chi connectivity index (χ1) is 12.7. The Labute approximate surface area is 157 Å². The Morgan fingerprint density at radius 2 is 2.08 bits per heavy atom. The highest BCUT2D eigenvalue weighted by Crippen LogP contribution is 2.22. The topological polar surface area (TPSA) is 60.1 Å². The third kappa shape index (κ3) is 4.58. The van der Waals surface area contributed by atoms with Gasteiger partial charge in [-0.1, -0.05) is 49.0 Å². The summed E-state index contributed by atoms with van der Waals surface area (Å²) >= 11 is 1.58. The van der Waals surface area contributed by atoms with Crippen molar-refractivity contribution in [3.63, 3.8) is 0 Å². The number of thioether (sulfide) groups is 1. The van der Waals surface area contributed by atoms with Crippen LogP contribution in [0.4, 0.5) is 0 Å². The predicted molar refractivity (Wildman–Crippen MR) is 103 cm³/mol. The van der Waals surface area contributed by atoms with E-state index in [0.29, 0.717) is 24.0 Å². The van der Waals surface area contributed by atoms with Gasteiger partial charge in [0.15, 0.2) is 10.9 Å². The molecular weight excluding hydrogens is 346 g/mol. The Bertz CT molecular complexity index is 842. The number of amides is 1. The van der Waals surface area contributed by atoms with Crippen molar-refractivity contribution in [2.45, 2.75) is 30.2 Å². The van der Waals surface area contributed by atoms with Crippen LogP contribution in [0, 0.1) is 0 Å². The van der Waals surface area contributed by atoms with Crippen molar-refractivity contribution in [3.8, 4) is 0 Å². The monoisotopic (exact) mass is 369 g/mol. The van der Waals surface area contributed by atoms with Crippen molar-refractivity contribution in [2.24, 2.45) is 7.05 Å². The van der Waals surface area contributed by atoms with E-state index in [2.05, 4.69) is 29.4 Å². The summed E-state index contributed by atoms with van der Waals surface area (Å²) in [5.41, 5.74) is 1.24. The average molecular weight is 369 g/mol. The van der Waals surface area contributed by atoms with Gasteiger partial charge in [0.1, 0.15) is 5.76 Å². The van der Waals surface area contributed by atoms with E-state index < -0.39 is 0 Å². The Hall–Kier alpha value is -2.47. The number of nitrogens with one attached hydrogen (secondary N) is 1. The van der Waals surface area contributed by atoms with Gasteiger partial charge in [-0.15, -0.1) is 0 Å². The molecule has 0 bridgehead atoms. The highest BCUT2D eigenvalue weighted by Gasteiger charge is 2.15. The summed E-state index contributed by atoms with van der Waals surface area (Å²) in [6.45, 7) is 2.72. The van der Waals surface area contributed by atoms with Gasteiger partial charge in [-0.2, -0.15) is 0 Å². The van der Waals surface area contributed by atoms with Crippen molar-refractivity contribution in [2.75, 3.05) is 6.54 Å². The maximum atomic E-state index is 12.4. The summed E-state index contributed by atoms with van der Waals surface area (Å²) in [5.74, 6) is 1.88. The van der Waals surface area contributed by atoms with Crippen LogP contribution in [0.3, 0.4) is 0 Å². The molecule has 0 saturated heterocycles. The van der Waals surface area contributed by atoms with Crippen LogP contribution in [-0.2, 0) is 12.8 Å². The Balaban J connectivity index is 1.53. The molecule has 0 radical (unpaired) electrons. The molecule has 0 aliphatic carbocycles. The van der Waals surface area contributed by atoms with E-state index in [4.69, 9.17) is 4.42 Å². The first kappa shape index (κ1) is 18.3. The van der Waals surface area contributed by atoms with Crippen LogP contribution in [0.5, 0.6) is 0 Å². The number of carbonyl (C=O) groups is 1. The lowest BCUT2D eigenvalue weighted by molar-refractivity contribution is 0.0922. The SMILES string of the molecule is CCC(CNC(=O)c1ccc(CSc2nccn2C)o1)c1ccccc1. The highest BCUT2D eigenvalue weighted by molar-refractivity contribution is 7.98. The zero-order valence-electron chi connectivity index (χ0n) is 15.0. The van der Waals surface area contributed by atoms with E-state index in [0.717, 1.165) is 17.3 Å². The number of rotatable bonds is 8. The normalized spacial score (nSPS) is 12.1. The average Bonchev–Trinajstić information content (AvgIpc) is 3.30. The minimum Gasteiger partial charge on any atom is -0.455 e.